The Kier molecular flexibility index (Phi) is 6.01. The first-order valence-corrected chi connectivity index (χ1v) is 7.00. The number of aliphatic carboxylic acids is 1. The van der Waals surface area contributed by atoms with Crippen molar-refractivity contribution in [2.45, 2.75) is 20.0 Å². The smallest absolute Gasteiger partial charge is 0.308 e. The Morgan fingerprint density at radius 1 is 1.30 bits per heavy atom. The minimum Gasteiger partial charge on any atom is -0.481 e. The van der Waals surface area contributed by atoms with Crippen LogP contribution in [0, 0.1) is 5.92 Å². The molecule has 0 heterocycles. The summed E-state index contributed by atoms with van der Waals surface area (Å²) in [4.78, 5) is 24.2. The molecule has 1 aromatic carbocycles. The standard InChI is InChI=1S/C14H18BrNO4/c1-9(14(18)19)8-16(3)13(17)10(2)20-12-6-4-11(15)5-7-12/h4-7,9-10H,8H2,1-3H3,(H,18,19). The van der Waals surface area contributed by atoms with Gasteiger partial charge in [-0.2, -0.15) is 0 Å². The lowest BCUT2D eigenvalue weighted by Gasteiger charge is -2.23. The molecule has 0 aromatic heterocycles. The zero-order chi connectivity index (χ0) is 15.3. The molecule has 1 N–H and O–H groups in total. The fourth-order valence-corrected chi connectivity index (χ4v) is 1.92. The monoisotopic (exact) mass is 343 g/mol. The lowest BCUT2D eigenvalue weighted by Crippen LogP contribution is -2.41. The first kappa shape index (κ1) is 16.5. The maximum Gasteiger partial charge on any atom is 0.308 e. The quantitative estimate of drug-likeness (QED) is 0.861. The lowest BCUT2D eigenvalue weighted by atomic mass is 10.1. The predicted octanol–water partition coefficient (Wildman–Crippen LogP) is 2.40. The molecule has 5 nitrogen and oxygen atoms in total. The van der Waals surface area contributed by atoms with Gasteiger partial charge >= 0.3 is 5.97 Å². The first-order chi connectivity index (χ1) is 9.31. The van der Waals surface area contributed by atoms with Crippen LogP contribution in [0.1, 0.15) is 13.8 Å². The van der Waals surface area contributed by atoms with Crippen LogP contribution in [0.4, 0.5) is 0 Å². The summed E-state index contributed by atoms with van der Waals surface area (Å²) in [6.07, 6.45) is -0.665. The van der Waals surface area contributed by atoms with Crippen molar-refractivity contribution in [3.8, 4) is 5.75 Å². The van der Waals surface area contributed by atoms with Crippen LogP contribution in [0.2, 0.25) is 0 Å². The number of ether oxygens (including phenoxy) is 1. The van der Waals surface area contributed by atoms with Crippen molar-refractivity contribution < 1.29 is 19.4 Å². The van der Waals surface area contributed by atoms with Crippen molar-refractivity contribution in [1.82, 2.24) is 4.90 Å². The molecule has 1 rings (SSSR count). The van der Waals surface area contributed by atoms with E-state index in [-0.39, 0.29) is 12.5 Å². The second-order valence-electron chi connectivity index (χ2n) is 4.67. The number of amides is 1. The number of nitrogens with zero attached hydrogens (tertiary/aromatic N) is 1. The Morgan fingerprint density at radius 3 is 2.35 bits per heavy atom. The second-order valence-corrected chi connectivity index (χ2v) is 5.59. The summed E-state index contributed by atoms with van der Waals surface area (Å²) in [5.41, 5.74) is 0. The van der Waals surface area contributed by atoms with E-state index < -0.39 is 18.0 Å². The Bertz CT molecular complexity index is 475. The minimum absolute atomic E-state index is 0.155. The second kappa shape index (κ2) is 7.28. The number of carboxylic acid groups (broad SMARTS) is 1. The molecule has 6 heteroatoms. The minimum atomic E-state index is -0.925. The van der Waals surface area contributed by atoms with E-state index in [1.807, 2.05) is 12.1 Å². The number of carboxylic acids is 1. The Balaban J connectivity index is 2.57. The number of likely N-dealkylation sites (N-methyl/N-ethyl adjacent to an activating group) is 1. The molecular formula is C14H18BrNO4. The molecule has 2 unspecified atom stereocenters. The fraction of sp³-hybridized carbons (Fsp3) is 0.429. The van der Waals surface area contributed by atoms with E-state index in [0.29, 0.717) is 5.75 Å². The topological polar surface area (TPSA) is 66.8 Å². The maximum atomic E-state index is 12.1. The third kappa shape index (κ3) is 4.85. The van der Waals surface area contributed by atoms with E-state index in [4.69, 9.17) is 9.84 Å². The third-order valence-electron chi connectivity index (χ3n) is 2.82. The molecule has 0 saturated heterocycles. The molecule has 0 spiro atoms. The predicted molar refractivity (Wildman–Crippen MR) is 78.7 cm³/mol. The maximum absolute atomic E-state index is 12.1. The number of halogens is 1. The van der Waals surface area contributed by atoms with E-state index >= 15 is 0 Å². The number of benzene rings is 1. The molecule has 0 radical (unpaired) electrons. The zero-order valence-corrected chi connectivity index (χ0v) is 13.3. The molecule has 0 saturated carbocycles. The molecule has 2 atom stereocenters. The molecule has 1 aromatic rings. The molecular weight excluding hydrogens is 326 g/mol. The zero-order valence-electron chi connectivity index (χ0n) is 11.7. The Labute approximate surface area is 126 Å². The highest BCUT2D eigenvalue weighted by atomic mass is 79.9. The van der Waals surface area contributed by atoms with Gasteiger partial charge in [-0.25, -0.2) is 0 Å². The van der Waals surface area contributed by atoms with Crippen molar-refractivity contribution in [1.29, 1.82) is 0 Å². The first-order valence-electron chi connectivity index (χ1n) is 6.21. The average Bonchev–Trinajstić information content (AvgIpc) is 2.40. The summed E-state index contributed by atoms with van der Waals surface area (Å²) < 4.78 is 6.46. The van der Waals surface area contributed by atoms with Gasteiger partial charge in [0.25, 0.3) is 5.91 Å². The van der Waals surface area contributed by atoms with Gasteiger partial charge in [0.1, 0.15) is 5.75 Å². The summed E-state index contributed by atoms with van der Waals surface area (Å²) in [6.45, 7) is 3.36. The van der Waals surface area contributed by atoms with Crippen LogP contribution in [0.3, 0.4) is 0 Å². The van der Waals surface area contributed by atoms with Gasteiger partial charge in [-0.1, -0.05) is 22.9 Å². The van der Waals surface area contributed by atoms with Crippen LogP contribution in [0.5, 0.6) is 5.75 Å². The number of carbonyl (C=O) groups excluding carboxylic acids is 1. The molecule has 20 heavy (non-hydrogen) atoms. The van der Waals surface area contributed by atoms with E-state index in [1.165, 1.54) is 4.90 Å². The molecule has 1 amide bonds. The normalized spacial score (nSPS) is 13.4. The van der Waals surface area contributed by atoms with Crippen LogP contribution in [-0.4, -0.2) is 41.6 Å². The molecule has 110 valence electrons. The van der Waals surface area contributed by atoms with Crippen molar-refractivity contribution in [3.63, 3.8) is 0 Å². The highest BCUT2D eigenvalue weighted by Gasteiger charge is 2.22. The largest absolute Gasteiger partial charge is 0.481 e. The number of carbonyl (C=O) groups is 2. The van der Waals surface area contributed by atoms with Crippen molar-refractivity contribution >= 4 is 27.8 Å². The number of hydrogen-bond acceptors (Lipinski definition) is 3. The van der Waals surface area contributed by atoms with Gasteiger partial charge < -0.3 is 14.7 Å². The third-order valence-corrected chi connectivity index (χ3v) is 3.35. The van der Waals surface area contributed by atoms with Crippen molar-refractivity contribution in [2.75, 3.05) is 13.6 Å². The highest BCUT2D eigenvalue weighted by Crippen LogP contribution is 2.17. The lowest BCUT2D eigenvalue weighted by molar-refractivity contribution is -0.144. The molecule has 0 fully saturated rings. The summed E-state index contributed by atoms with van der Waals surface area (Å²) in [6, 6.07) is 7.16. The highest BCUT2D eigenvalue weighted by molar-refractivity contribution is 9.10. The average molecular weight is 344 g/mol. The van der Waals surface area contributed by atoms with Gasteiger partial charge in [0, 0.05) is 18.1 Å². The summed E-state index contributed by atoms with van der Waals surface area (Å²) >= 11 is 3.32. The Hall–Kier alpha value is -1.56. The van der Waals surface area contributed by atoms with E-state index in [9.17, 15) is 9.59 Å². The molecule has 0 aliphatic rings. The van der Waals surface area contributed by atoms with E-state index in [2.05, 4.69) is 15.9 Å². The van der Waals surface area contributed by atoms with Crippen LogP contribution < -0.4 is 4.74 Å². The molecule has 0 aliphatic heterocycles. The van der Waals surface area contributed by atoms with Gasteiger partial charge in [0.2, 0.25) is 0 Å². The fourth-order valence-electron chi connectivity index (χ4n) is 1.66. The van der Waals surface area contributed by atoms with E-state index in [0.717, 1.165) is 4.47 Å². The van der Waals surface area contributed by atoms with Crippen LogP contribution in [0.25, 0.3) is 0 Å². The van der Waals surface area contributed by atoms with Crippen LogP contribution in [-0.2, 0) is 9.59 Å². The van der Waals surface area contributed by atoms with E-state index in [1.54, 1.807) is 33.0 Å². The molecule has 0 aliphatic carbocycles. The van der Waals surface area contributed by atoms with Crippen LogP contribution >= 0.6 is 15.9 Å². The summed E-state index contributed by atoms with van der Waals surface area (Å²) in [5.74, 6) is -1.19. The van der Waals surface area contributed by atoms with Crippen molar-refractivity contribution in [3.05, 3.63) is 28.7 Å². The van der Waals surface area contributed by atoms with Gasteiger partial charge in [-0.05, 0) is 31.2 Å². The van der Waals surface area contributed by atoms with Gasteiger partial charge in [0.15, 0.2) is 6.10 Å². The van der Waals surface area contributed by atoms with Gasteiger partial charge in [0.05, 0.1) is 5.92 Å². The van der Waals surface area contributed by atoms with Gasteiger partial charge in [-0.3, -0.25) is 9.59 Å². The SMILES string of the molecule is CC(CN(C)C(=O)C(C)Oc1ccc(Br)cc1)C(=O)O. The van der Waals surface area contributed by atoms with Crippen LogP contribution in [0.15, 0.2) is 28.7 Å². The summed E-state index contributed by atoms with van der Waals surface area (Å²) in [5, 5.41) is 8.84. The Morgan fingerprint density at radius 2 is 1.85 bits per heavy atom. The number of rotatable bonds is 6. The molecule has 0 bridgehead atoms. The summed E-state index contributed by atoms with van der Waals surface area (Å²) in [7, 11) is 1.57. The number of hydrogen-bond donors (Lipinski definition) is 1. The van der Waals surface area contributed by atoms with Gasteiger partial charge in [-0.15, -0.1) is 0 Å². The van der Waals surface area contributed by atoms with Crippen molar-refractivity contribution in [2.24, 2.45) is 5.92 Å².